The minimum absolute atomic E-state index is 0.146. The van der Waals surface area contributed by atoms with E-state index in [1.807, 2.05) is 0 Å². The fourth-order valence-electron chi connectivity index (χ4n) is 2.01. The van der Waals surface area contributed by atoms with Crippen LogP contribution in [0.5, 0.6) is 0 Å². The highest BCUT2D eigenvalue weighted by atomic mass is 35.5. The molecule has 0 unspecified atom stereocenters. The second-order valence-corrected chi connectivity index (χ2v) is 5.79. The Labute approximate surface area is 139 Å². The smallest absolute Gasteiger partial charge is 0.269 e. The highest BCUT2D eigenvalue weighted by Crippen LogP contribution is 2.25. The molecular weight excluding hydrogens is 331 g/mol. The first kappa shape index (κ1) is 18.9. The van der Waals surface area contributed by atoms with Gasteiger partial charge in [0, 0.05) is 11.4 Å². The second-order valence-electron chi connectivity index (χ2n) is 4.95. The van der Waals surface area contributed by atoms with Gasteiger partial charge in [-0.2, -0.15) is 8.78 Å². The molecule has 0 aliphatic carbocycles. The van der Waals surface area contributed by atoms with E-state index in [1.165, 1.54) is 0 Å². The van der Waals surface area contributed by atoms with Crippen molar-refractivity contribution in [1.82, 2.24) is 0 Å². The molecule has 0 bridgehead atoms. The number of allylic oxidation sites excluding steroid dienone is 1. The zero-order chi connectivity index (χ0) is 16.5. The van der Waals surface area contributed by atoms with Gasteiger partial charge in [0.2, 0.25) is 5.91 Å². The summed E-state index contributed by atoms with van der Waals surface area (Å²) < 4.78 is 24.9. The second kappa shape index (κ2) is 9.80. The predicted octanol–water partition coefficient (Wildman–Crippen LogP) is 6.44. The lowest BCUT2D eigenvalue weighted by atomic mass is 10.1. The Balaban J connectivity index is 2.28. The molecule has 0 atom stereocenters. The van der Waals surface area contributed by atoms with Crippen LogP contribution in [0.25, 0.3) is 0 Å². The van der Waals surface area contributed by atoms with E-state index in [1.54, 1.807) is 25.1 Å². The van der Waals surface area contributed by atoms with Crippen molar-refractivity contribution >= 4 is 34.8 Å². The Morgan fingerprint density at radius 3 is 2.41 bits per heavy atom. The van der Waals surface area contributed by atoms with Crippen molar-refractivity contribution in [2.45, 2.75) is 45.4 Å². The molecule has 1 aromatic carbocycles. The van der Waals surface area contributed by atoms with E-state index in [4.69, 9.17) is 23.2 Å². The van der Waals surface area contributed by atoms with Crippen LogP contribution in [-0.2, 0) is 4.79 Å². The third-order valence-electron chi connectivity index (χ3n) is 3.28. The number of hydrogen-bond acceptors (Lipinski definition) is 1. The molecule has 0 heterocycles. The number of anilines is 1. The average molecular weight is 350 g/mol. The van der Waals surface area contributed by atoms with Gasteiger partial charge in [0.15, 0.2) is 0 Å². The summed E-state index contributed by atoms with van der Waals surface area (Å²) in [6, 6.07) is 4.85. The first-order chi connectivity index (χ1) is 10.4. The maximum atomic E-state index is 12.4. The Hall–Kier alpha value is -1.13. The van der Waals surface area contributed by atoms with Crippen LogP contribution in [-0.4, -0.2) is 5.91 Å². The molecule has 1 amide bonds. The summed E-state index contributed by atoms with van der Waals surface area (Å²) in [5.41, 5.74) is 0.726. The Kier molecular flexibility index (Phi) is 8.43. The largest absolute Gasteiger partial charge is 0.325 e. The van der Waals surface area contributed by atoms with Gasteiger partial charge in [-0.15, -0.1) is 0 Å². The summed E-state index contributed by atoms with van der Waals surface area (Å²) in [5.74, 6) is -0.146. The van der Waals surface area contributed by atoms with Crippen LogP contribution in [0.3, 0.4) is 0 Å². The van der Waals surface area contributed by atoms with Crippen molar-refractivity contribution in [3.63, 3.8) is 0 Å². The van der Waals surface area contributed by atoms with Gasteiger partial charge in [-0.05, 0) is 49.5 Å². The summed E-state index contributed by atoms with van der Waals surface area (Å²) in [6.45, 7) is 1.72. The van der Waals surface area contributed by atoms with Crippen LogP contribution in [0.15, 0.2) is 29.9 Å². The van der Waals surface area contributed by atoms with E-state index in [0.29, 0.717) is 47.8 Å². The highest BCUT2D eigenvalue weighted by molar-refractivity contribution is 6.36. The average Bonchev–Trinajstić information content (AvgIpc) is 2.45. The molecule has 0 aliphatic rings. The fraction of sp³-hybridized carbons (Fsp3) is 0.438. The van der Waals surface area contributed by atoms with Gasteiger partial charge in [-0.3, -0.25) is 4.79 Å². The molecule has 6 heteroatoms. The third kappa shape index (κ3) is 6.75. The standard InChI is InChI=1S/C16H19Cl2F2NO/c1-2-11(16(19)20)6-4-3-5-7-15(22)21-14-9-8-12(17)10-13(14)18/h8-10H,2-7H2,1H3,(H,21,22). The van der Waals surface area contributed by atoms with E-state index in [2.05, 4.69) is 5.32 Å². The normalized spacial score (nSPS) is 10.4. The molecule has 0 saturated heterocycles. The lowest BCUT2D eigenvalue weighted by Gasteiger charge is -2.07. The fourth-order valence-corrected chi connectivity index (χ4v) is 2.46. The zero-order valence-corrected chi connectivity index (χ0v) is 13.9. The number of rotatable bonds is 8. The van der Waals surface area contributed by atoms with Crippen molar-refractivity contribution in [2.24, 2.45) is 0 Å². The summed E-state index contributed by atoms with van der Waals surface area (Å²) in [7, 11) is 0. The molecule has 0 fully saturated rings. The molecule has 1 aromatic rings. The molecule has 0 aliphatic heterocycles. The summed E-state index contributed by atoms with van der Waals surface area (Å²) in [5, 5.41) is 3.60. The molecule has 22 heavy (non-hydrogen) atoms. The Morgan fingerprint density at radius 1 is 1.14 bits per heavy atom. The van der Waals surface area contributed by atoms with Gasteiger partial charge >= 0.3 is 0 Å². The monoisotopic (exact) mass is 349 g/mol. The van der Waals surface area contributed by atoms with E-state index in [0.717, 1.165) is 6.42 Å². The molecule has 0 aromatic heterocycles. The van der Waals surface area contributed by atoms with Crippen LogP contribution in [0.1, 0.15) is 45.4 Å². The van der Waals surface area contributed by atoms with Crippen LogP contribution in [0.4, 0.5) is 14.5 Å². The number of halogens is 4. The topological polar surface area (TPSA) is 29.1 Å². The molecule has 2 nitrogen and oxygen atoms in total. The number of benzene rings is 1. The SMILES string of the molecule is CCC(CCCCCC(=O)Nc1ccc(Cl)cc1Cl)=C(F)F. The van der Waals surface area contributed by atoms with Crippen molar-refractivity contribution in [3.8, 4) is 0 Å². The van der Waals surface area contributed by atoms with Crippen LogP contribution in [0.2, 0.25) is 10.0 Å². The summed E-state index contributed by atoms with van der Waals surface area (Å²) in [6.07, 6.45) is 1.58. The lowest BCUT2D eigenvalue weighted by molar-refractivity contribution is -0.116. The van der Waals surface area contributed by atoms with Gasteiger partial charge in [0.1, 0.15) is 0 Å². The predicted molar refractivity (Wildman–Crippen MR) is 87.7 cm³/mol. The summed E-state index contributed by atoms with van der Waals surface area (Å²) >= 11 is 11.7. The van der Waals surface area contributed by atoms with E-state index < -0.39 is 6.08 Å². The number of nitrogens with one attached hydrogen (secondary N) is 1. The number of carbonyl (C=O) groups excluding carboxylic acids is 1. The van der Waals surface area contributed by atoms with Crippen molar-refractivity contribution in [3.05, 3.63) is 39.9 Å². The minimum Gasteiger partial charge on any atom is -0.325 e. The number of amides is 1. The number of carbonyl (C=O) groups is 1. The van der Waals surface area contributed by atoms with Crippen LogP contribution >= 0.6 is 23.2 Å². The van der Waals surface area contributed by atoms with Gasteiger partial charge in [0.25, 0.3) is 6.08 Å². The lowest BCUT2D eigenvalue weighted by Crippen LogP contribution is -2.11. The van der Waals surface area contributed by atoms with Gasteiger partial charge in [0.05, 0.1) is 10.7 Å². The van der Waals surface area contributed by atoms with E-state index >= 15 is 0 Å². The van der Waals surface area contributed by atoms with Crippen molar-refractivity contribution < 1.29 is 13.6 Å². The van der Waals surface area contributed by atoms with Crippen LogP contribution < -0.4 is 5.32 Å². The van der Waals surface area contributed by atoms with Crippen molar-refractivity contribution in [2.75, 3.05) is 5.32 Å². The zero-order valence-electron chi connectivity index (χ0n) is 12.4. The quantitative estimate of drug-likeness (QED) is 0.537. The molecule has 0 radical (unpaired) electrons. The number of unbranched alkanes of at least 4 members (excludes halogenated alkanes) is 2. The Bertz CT molecular complexity index is 543. The maximum absolute atomic E-state index is 12.4. The van der Waals surface area contributed by atoms with Gasteiger partial charge in [-0.1, -0.05) is 36.5 Å². The molecule has 122 valence electrons. The Morgan fingerprint density at radius 2 is 1.82 bits per heavy atom. The third-order valence-corrected chi connectivity index (χ3v) is 3.83. The molecule has 1 N–H and O–H groups in total. The van der Waals surface area contributed by atoms with Crippen molar-refractivity contribution in [1.29, 1.82) is 0 Å². The van der Waals surface area contributed by atoms with Crippen LogP contribution in [0, 0.1) is 0 Å². The minimum atomic E-state index is -1.57. The maximum Gasteiger partial charge on any atom is 0.269 e. The van der Waals surface area contributed by atoms with Gasteiger partial charge in [-0.25, -0.2) is 0 Å². The molecular formula is C16H19Cl2F2NO. The van der Waals surface area contributed by atoms with E-state index in [-0.39, 0.29) is 11.5 Å². The number of hydrogen-bond donors (Lipinski definition) is 1. The molecule has 0 spiro atoms. The molecule has 1 rings (SSSR count). The van der Waals surface area contributed by atoms with Gasteiger partial charge < -0.3 is 5.32 Å². The summed E-state index contributed by atoms with van der Waals surface area (Å²) in [4.78, 5) is 11.8. The first-order valence-electron chi connectivity index (χ1n) is 7.22. The first-order valence-corrected chi connectivity index (χ1v) is 7.97. The van der Waals surface area contributed by atoms with E-state index in [9.17, 15) is 13.6 Å². The highest BCUT2D eigenvalue weighted by Gasteiger charge is 2.07. The molecule has 0 saturated carbocycles.